The first-order chi connectivity index (χ1) is 14.7. The molecule has 0 aliphatic carbocycles. The molecule has 0 spiro atoms. The summed E-state index contributed by atoms with van der Waals surface area (Å²) in [4.78, 5) is 20.2. The Morgan fingerprint density at radius 2 is 2.13 bits per heavy atom. The summed E-state index contributed by atoms with van der Waals surface area (Å²) >= 11 is 1.75. The van der Waals surface area contributed by atoms with Crippen molar-refractivity contribution in [1.82, 2.24) is 15.5 Å². The normalized spacial score (nSPS) is 15.8. The molecule has 8 heteroatoms. The largest absolute Gasteiger partial charge is 0.379 e. The number of thiophene rings is 1. The third kappa shape index (κ3) is 6.32. The van der Waals surface area contributed by atoms with E-state index in [4.69, 9.17) is 11.2 Å². The molecule has 0 bridgehead atoms. The monoisotopic (exact) mass is 425 g/mol. The number of anilines is 1. The summed E-state index contributed by atoms with van der Waals surface area (Å²) in [5, 5.41) is 11.3. The molecule has 1 aromatic heterocycles. The van der Waals surface area contributed by atoms with Crippen molar-refractivity contribution in [1.29, 1.82) is 0 Å². The van der Waals surface area contributed by atoms with Crippen LogP contribution in [0.5, 0.6) is 0 Å². The molecule has 1 unspecified atom stereocenters. The van der Waals surface area contributed by atoms with Gasteiger partial charge in [-0.05, 0) is 29.6 Å². The van der Waals surface area contributed by atoms with Crippen molar-refractivity contribution in [3.05, 3.63) is 52.2 Å². The number of carbonyl (C=O) groups excluding carboxylic acids is 1. The molecule has 2 heterocycles. The highest BCUT2D eigenvalue weighted by molar-refractivity contribution is 7.10. The molecular formula is C22H27N5O2S. The van der Waals surface area contributed by atoms with Gasteiger partial charge >= 0.3 is 0 Å². The molecule has 0 saturated carbocycles. The van der Waals surface area contributed by atoms with Gasteiger partial charge in [-0.1, -0.05) is 18.1 Å². The molecular weight excluding hydrogens is 398 g/mol. The van der Waals surface area contributed by atoms with Crippen molar-refractivity contribution in [3.63, 3.8) is 0 Å². The Labute approximate surface area is 181 Å². The lowest BCUT2D eigenvalue weighted by Gasteiger charge is -2.34. The topological polar surface area (TPSA) is 78.0 Å². The Morgan fingerprint density at radius 1 is 1.30 bits per heavy atom. The summed E-state index contributed by atoms with van der Waals surface area (Å²) in [6.45, 7) is 4.07. The van der Waals surface area contributed by atoms with Crippen molar-refractivity contribution in [3.8, 4) is 12.3 Å². The SMILES string of the molecule is C#Cc1cccc(NC(=O)CNC(=NC)NCC(c2cccs2)N2CCOCC2)c1. The van der Waals surface area contributed by atoms with Crippen molar-refractivity contribution < 1.29 is 9.53 Å². The molecule has 3 rings (SSSR count). The highest BCUT2D eigenvalue weighted by atomic mass is 32.1. The molecule has 0 radical (unpaired) electrons. The number of rotatable bonds is 7. The lowest BCUT2D eigenvalue weighted by molar-refractivity contribution is -0.115. The third-order valence-corrected chi connectivity index (χ3v) is 5.75. The maximum atomic E-state index is 12.3. The first-order valence-electron chi connectivity index (χ1n) is 9.86. The van der Waals surface area contributed by atoms with Crippen LogP contribution in [-0.2, 0) is 9.53 Å². The number of morpholine rings is 1. The van der Waals surface area contributed by atoms with Gasteiger partial charge in [0.15, 0.2) is 5.96 Å². The number of ether oxygens (including phenoxy) is 1. The Kier molecular flexibility index (Phi) is 8.27. The molecule has 1 aliphatic rings. The van der Waals surface area contributed by atoms with Gasteiger partial charge in [-0.3, -0.25) is 14.7 Å². The summed E-state index contributed by atoms with van der Waals surface area (Å²) < 4.78 is 5.49. The number of terminal acetylenes is 1. The highest BCUT2D eigenvalue weighted by Gasteiger charge is 2.23. The second-order valence-corrected chi connectivity index (χ2v) is 7.74. The lowest BCUT2D eigenvalue weighted by atomic mass is 10.2. The summed E-state index contributed by atoms with van der Waals surface area (Å²) in [5.74, 6) is 2.97. The minimum absolute atomic E-state index is 0.0984. The Bertz CT molecular complexity index is 885. The summed E-state index contributed by atoms with van der Waals surface area (Å²) in [6, 6.07) is 11.7. The van der Waals surface area contributed by atoms with Crippen LogP contribution in [0.25, 0.3) is 0 Å². The van der Waals surface area contributed by atoms with Gasteiger partial charge in [0.05, 0.1) is 25.8 Å². The Balaban J connectivity index is 1.51. The van der Waals surface area contributed by atoms with Crippen LogP contribution in [0.4, 0.5) is 5.69 Å². The minimum atomic E-state index is -0.171. The molecule has 1 aromatic carbocycles. The molecule has 1 saturated heterocycles. The number of hydrogen-bond acceptors (Lipinski definition) is 5. The fourth-order valence-electron chi connectivity index (χ4n) is 3.25. The second kappa shape index (κ2) is 11.4. The van der Waals surface area contributed by atoms with E-state index in [2.05, 4.69) is 49.3 Å². The van der Waals surface area contributed by atoms with Crippen molar-refractivity contribution in [2.75, 3.05) is 51.8 Å². The van der Waals surface area contributed by atoms with Gasteiger partial charge < -0.3 is 20.7 Å². The van der Waals surface area contributed by atoms with Crippen LogP contribution in [0.2, 0.25) is 0 Å². The average Bonchev–Trinajstić information content (AvgIpc) is 3.31. The van der Waals surface area contributed by atoms with E-state index >= 15 is 0 Å². The van der Waals surface area contributed by atoms with Gasteiger partial charge in [0, 0.05) is 42.8 Å². The van der Waals surface area contributed by atoms with Crippen molar-refractivity contribution >= 4 is 28.9 Å². The molecule has 158 valence electrons. The Morgan fingerprint density at radius 3 is 2.83 bits per heavy atom. The zero-order chi connectivity index (χ0) is 21.2. The number of nitrogens with zero attached hydrogens (tertiary/aromatic N) is 2. The van der Waals surface area contributed by atoms with E-state index in [1.165, 1.54) is 4.88 Å². The van der Waals surface area contributed by atoms with Gasteiger partial charge in [-0.15, -0.1) is 17.8 Å². The zero-order valence-corrected chi connectivity index (χ0v) is 17.9. The molecule has 1 atom stereocenters. The first-order valence-corrected chi connectivity index (χ1v) is 10.7. The van der Waals surface area contributed by atoms with Crippen molar-refractivity contribution in [2.45, 2.75) is 6.04 Å². The van der Waals surface area contributed by atoms with Crippen LogP contribution in [-0.4, -0.2) is 63.2 Å². The maximum absolute atomic E-state index is 12.3. The van der Waals surface area contributed by atoms with Crippen LogP contribution in [0, 0.1) is 12.3 Å². The van der Waals surface area contributed by atoms with Crippen LogP contribution < -0.4 is 16.0 Å². The van der Waals surface area contributed by atoms with E-state index in [1.54, 1.807) is 30.5 Å². The van der Waals surface area contributed by atoms with E-state index in [9.17, 15) is 4.79 Å². The van der Waals surface area contributed by atoms with E-state index in [-0.39, 0.29) is 18.5 Å². The Hall–Kier alpha value is -2.86. The van der Waals surface area contributed by atoms with E-state index < -0.39 is 0 Å². The van der Waals surface area contributed by atoms with Gasteiger partial charge in [0.2, 0.25) is 5.91 Å². The molecule has 1 aliphatic heterocycles. The quantitative estimate of drug-likeness (QED) is 0.359. The molecule has 1 amide bonds. The molecule has 30 heavy (non-hydrogen) atoms. The minimum Gasteiger partial charge on any atom is -0.379 e. The molecule has 1 fully saturated rings. The van der Waals surface area contributed by atoms with Gasteiger partial charge in [0.1, 0.15) is 0 Å². The number of hydrogen-bond donors (Lipinski definition) is 3. The highest BCUT2D eigenvalue weighted by Crippen LogP contribution is 2.25. The first kappa shape index (κ1) is 21.8. The van der Waals surface area contributed by atoms with Crippen LogP contribution in [0.3, 0.4) is 0 Å². The fraction of sp³-hybridized carbons (Fsp3) is 0.364. The summed E-state index contributed by atoms with van der Waals surface area (Å²) in [7, 11) is 1.69. The summed E-state index contributed by atoms with van der Waals surface area (Å²) in [5.41, 5.74) is 1.39. The lowest BCUT2D eigenvalue weighted by Crippen LogP contribution is -2.47. The smallest absolute Gasteiger partial charge is 0.243 e. The molecule has 7 nitrogen and oxygen atoms in total. The van der Waals surface area contributed by atoms with Crippen LogP contribution >= 0.6 is 11.3 Å². The average molecular weight is 426 g/mol. The fourth-order valence-corrected chi connectivity index (χ4v) is 4.11. The number of amides is 1. The third-order valence-electron chi connectivity index (χ3n) is 4.77. The number of aliphatic imine (C=N–C) groups is 1. The molecule has 3 N–H and O–H groups in total. The standard InChI is InChI=1S/C22H27N5O2S/c1-3-17-6-4-7-18(14-17)26-21(28)16-25-22(23-2)24-15-19(20-8-5-13-30-20)27-9-11-29-12-10-27/h1,4-8,13-14,19H,9-12,15-16H2,2H3,(H,26,28)(H2,23,24,25). The van der Waals surface area contributed by atoms with E-state index in [0.717, 1.165) is 31.9 Å². The van der Waals surface area contributed by atoms with E-state index in [0.29, 0.717) is 18.2 Å². The number of benzene rings is 1. The predicted octanol–water partition coefficient (Wildman–Crippen LogP) is 1.91. The van der Waals surface area contributed by atoms with Crippen molar-refractivity contribution in [2.24, 2.45) is 4.99 Å². The van der Waals surface area contributed by atoms with Crippen LogP contribution in [0.15, 0.2) is 46.8 Å². The second-order valence-electron chi connectivity index (χ2n) is 6.76. The number of guanidine groups is 1. The maximum Gasteiger partial charge on any atom is 0.243 e. The van der Waals surface area contributed by atoms with Gasteiger partial charge in [-0.2, -0.15) is 0 Å². The number of carbonyl (C=O) groups is 1. The molecule has 2 aromatic rings. The van der Waals surface area contributed by atoms with Crippen LogP contribution in [0.1, 0.15) is 16.5 Å². The number of nitrogens with one attached hydrogen (secondary N) is 3. The summed E-state index contributed by atoms with van der Waals surface area (Å²) in [6.07, 6.45) is 5.40. The zero-order valence-electron chi connectivity index (χ0n) is 17.1. The predicted molar refractivity (Wildman–Crippen MR) is 122 cm³/mol. The van der Waals surface area contributed by atoms with E-state index in [1.807, 2.05) is 12.1 Å². The van der Waals surface area contributed by atoms with Gasteiger partial charge in [-0.25, -0.2) is 0 Å². The van der Waals surface area contributed by atoms with Gasteiger partial charge in [0.25, 0.3) is 0 Å².